The van der Waals surface area contributed by atoms with Gasteiger partial charge >= 0.3 is 0 Å². The van der Waals surface area contributed by atoms with Gasteiger partial charge in [-0.25, -0.2) is 0 Å². The quantitative estimate of drug-likeness (QED) is 0.837. The molecule has 0 radical (unpaired) electrons. The third-order valence-electron chi connectivity index (χ3n) is 3.82. The minimum atomic E-state index is -0.520. The molecular weight excluding hydrogens is 336 g/mol. The first-order chi connectivity index (χ1) is 10.0. The van der Waals surface area contributed by atoms with Crippen LogP contribution >= 0.6 is 15.9 Å². The van der Waals surface area contributed by atoms with Crippen LogP contribution in [0.5, 0.6) is 0 Å². The van der Waals surface area contributed by atoms with Gasteiger partial charge in [0.25, 0.3) is 0 Å². The van der Waals surface area contributed by atoms with E-state index >= 15 is 0 Å². The fraction of sp³-hybridized carbons (Fsp3) is 0.357. The number of ketones is 1. The molecule has 0 saturated heterocycles. The number of rotatable bonds is 1. The van der Waals surface area contributed by atoms with Gasteiger partial charge in [-0.1, -0.05) is 0 Å². The standard InChI is InChI=1S/C14H13BrN4O2/c1-19-13(8(15)6-18-19)11-7(5-16)14(17)21-10-4-2-3-9(20)12(10)11/h6,11H,2-4,17H2,1H3/t11-/m1/s1. The number of Topliss-reactive ketones (excluding diaryl/α,β-unsaturated/α-hetero) is 1. The van der Waals surface area contributed by atoms with Crippen molar-refractivity contribution in [3.05, 3.63) is 39.2 Å². The van der Waals surface area contributed by atoms with Crippen LogP contribution in [0, 0.1) is 11.3 Å². The van der Waals surface area contributed by atoms with Crippen molar-refractivity contribution < 1.29 is 9.53 Å². The SMILES string of the molecule is Cn1ncc(Br)c1[C@@H]1C(C#N)=C(N)OC2=C1C(=O)CCC2. The van der Waals surface area contributed by atoms with Crippen LogP contribution in [0.1, 0.15) is 30.9 Å². The zero-order valence-electron chi connectivity index (χ0n) is 11.4. The third kappa shape index (κ3) is 2.07. The van der Waals surface area contributed by atoms with Crippen LogP contribution in [0.15, 0.2) is 33.5 Å². The van der Waals surface area contributed by atoms with Gasteiger partial charge in [-0.15, -0.1) is 0 Å². The second-order valence-corrected chi connectivity index (χ2v) is 5.89. The molecule has 1 aromatic rings. The van der Waals surface area contributed by atoms with E-state index in [-0.39, 0.29) is 17.2 Å². The number of aryl methyl sites for hydroxylation is 1. The van der Waals surface area contributed by atoms with E-state index in [4.69, 9.17) is 10.5 Å². The molecule has 6 nitrogen and oxygen atoms in total. The Morgan fingerprint density at radius 2 is 2.33 bits per heavy atom. The summed E-state index contributed by atoms with van der Waals surface area (Å²) in [5.74, 6) is 0.146. The molecule has 1 atom stereocenters. The fourth-order valence-corrected chi connectivity index (χ4v) is 3.45. The molecule has 7 heteroatoms. The molecule has 0 aromatic carbocycles. The largest absolute Gasteiger partial charge is 0.444 e. The molecule has 2 aliphatic rings. The van der Waals surface area contributed by atoms with E-state index in [2.05, 4.69) is 27.1 Å². The Hall–Kier alpha value is -2.07. The number of allylic oxidation sites excluding steroid dienone is 3. The molecule has 1 aromatic heterocycles. The van der Waals surface area contributed by atoms with Gasteiger partial charge in [0.2, 0.25) is 5.88 Å². The van der Waals surface area contributed by atoms with Gasteiger partial charge < -0.3 is 10.5 Å². The molecule has 1 aliphatic carbocycles. The molecule has 0 saturated carbocycles. The van der Waals surface area contributed by atoms with Crippen molar-refractivity contribution in [3.63, 3.8) is 0 Å². The minimum Gasteiger partial charge on any atom is -0.444 e. The molecule has 3 rings (SSSR count). The van der Waals surface area contributed by atoms with E-state index in [1.165, 1.54) is 0 Å². The Balaban J connectivity index is 2.25. The first-order valence-corrected chi connectivity index (χ1v) is 7.35. The maximum atomic E-state index is 12.4. The predicted molar refractivity (Wildman–Crippen MR) is 77.4 cm³/mol. The second kappa shape index (κ2) is 5.04. The van der Waals surface area contributed by atoms with E-state index in [0.29, 0.717) is 24.2 Å². The van der Waals surface area contributed by atoms with Crippen LogP contribution in [0.25, 0.3) is 0 Å². The van der Waals surface area contributed by atoms with Crippen LogP contribution in [-0.4, -0.2) is 15.6 Å². The van der Waals surface area contributed by atoms with Gasteiger partial charge in [0, 0.05) is 25.5 Å². The van der Waals surface area contributed by atoms with Gasteiger partial charge in [-0.3, -0.25) is 9.48 Å². The maximum Gasteiger partial charge on any atom is 0.205 e. The molecule has 21 heavy (non-hydrogen) atoms. The van der Waals surface area contributed by atoms with Gasteiger partial charge in [0.05, 0.1) is 22.3 Å². The Labute approximate surface area is 130 Å². The van der Waals surface area contributed by atoms with Crippen LogP contribution in [-0.2, 0) is 16.6 Å². The van der Waals surface area contributed by atoms with Crippen molar-refractivity contribution in [1.29, 1.82) is 5.26 Å². The number of hydrogen-bond donors (Lipinski definition) is 1. The molecule has 0 unspecified atom stereocenters. The van der Waals surface area contributed by atoms with Crippen LogP contribution < -0.4 is 5.73 Å². The first-order valence-electron chi connectivity index (χ1n) is 6.55. The summed E-state index contributed by atoms with van der Waals surface area (Å²) < 4.78 is 7.91. The number of hydrogen-bond acceptors (Lipinski definition) is 5. The van der Waals surface area contributed by atoms with Crippen molar-refractivity contribution in [2.75, 3.05) is 0 Å². The minimum absolute atomic E-state index is 0.00889. The zero-order valence-corrected chi connectivity index (χ0v) is 13.0. The van der Waals surface area contributed by atoms with E-state index in [9.17, 15) is 10.1 Å². The molecule has 2 heterocycles. The van der Waals surface area contributed by atoms with Gasteiger partial charge in [0.1, 0.15) is 17.4 Å². The second-order valence-electron chi connectivity index (χ2n) is 5.04. The lowest BCUT2D eigenvalue weighted by Gasteiger charge is -2.30. The molecule has 2 N–H and O–H groups in total. The highest BCUT2D eigenvalue weighted by Crippen LogP contribution is 2.44. The van der Waals surface area contributed by atoms with Crippen molar-refractivity contribution in [3.8, 4) is 6.07 Å². The van der Waals surface area contributed by atoms with Crippen molar-refractivity contribution >= 4 is 21.7 Å². The Kier molecular flexibility index (Phi) is 3.33. The maximum absolute atomic E-state index is 12.4. The number of nitrogens with zero attached hydrogens (tertiary/aromatic N) is 3. The molecule has 0 amide bonds. The highest BCUT2D eigenvalue weighted by Gasteiger charge is 2.40. The number of carbonyl (C=O) groups excluding carboxylic acids is 1. The van der Waals surface area contributed by atoms with Crippen molar-refractivity contribution in [2.24, 2.45) is 12.8 Å². The fourth-order valence-electron chi connectivity index (χ4n) is 2.87. The predicted octanol–water partition coefficient (Wildman–Crippen LogP) is 2.00. The number of nitriles is 1. The van der Waals surface area contributed by atoms with Gasteiger partial charge in [-0.2, -0.15) is 10.4 Å². The molecule has 0 fully saturated rings. The highest BCUT2D eigenvalue weighted by molar-refractivity contribution is 9.10. The molecule has 1 aliphatic heterocycles. The molecule has 0 spiro atoms. The van der Waals surface area contributed by atoms with E-state index < -0.39 is 5.92 Å². The van der Waals surface area contributed by atoms with Crippen LogP contribution in [0.2, 0.25) is 0 Å². The molecule has 0 bridgehead atoms. The molecule has 108 valence electrons. The number of carbonyl (C=O) groups is 1. The lowest BCUT2D eigenvalue weighted by molar-refractivity contribution is -0.116. The summed E-state index contributed by atoms with van der Waals surface area (Å²) in [5, 5.41) is 13.6. The highest BCUT2D eigenvalue weighted by atomic mass is 79.9. The topological polar surface area (TPSA) is 93.9 Å². The summed E-state index contributed by atoms with van der Waals surface area (Å²) in [6.45, 7) is 0. The summed E-state index contributed by atoms with van der Waals surface area (Å²) in [7, 11) is 1.77. The van der Waals surface area contributed by atoms with E-state index in [1.807, 2.05) is 0 Å². The Morgan fingerprint density at radius 3 is 2.95 bits per heavy atom. The van der Waals surface area contributed by atoms with Crippen LogP contribution in [0.3, 0.4) is 0 Å². The zero-order chi connectivity index (χ0) is 15.1. The normalized spacial score (nSPS) is 22.0. The van der Waals surface area contributed by atoms with E-state index in [1.54, 1.807) is 17.9 Å². The van der Waals surface area contributed by atoms with Gasteiger partial charge in [0.15, 0.2) is 5.78 Å². The van der Waals surface area contributed by atoms with Crippen molar-refractivity contribution in [1.82, 2.24) is 9.78 Å². The average molecular weight is 349 g/mol. The Bertz CT molecular complexity index is 719. The summed E-state index contributed by atoms with van der Waals surface area (Å²) in [6.07, 6.45) is 3.51. The Morgan fingerprint density at radius 1 is 1.57 bits per heavy atom. The summed E-state index contributed by atoms with van der Waals surface area (Å²) >= 11 is 3.43. The van der Waals surface area contributed by atoms with E-state index in [0.717, 1.165) is 16.6 Å². The van der Waals surface area contributed by atoms with Gasteiger partial charge in [-0.05, 0) is 22.4 Å². The first kappa shape index (κ1) is 13.9. The smallest absolute Gasteiger partial charge is 0.205 e. The average Bonchev–Trinajstić information content (AvgIpc) is 2.77. The summed E-state index contributed by atoms with van der Waals surface area (Å²) in [5.41, 5.74) is 7.42. The summed E-state index contributed by atoms with van der Waals surface area (Å²) in [6, 6.07) is 2.08. The van der Waals surface area contributed by atoms with Crippen LogP contribution in [0.4, 0.5) is 0 Å². The van der Waals surface area contributed by atoms with Crippen molar-refractivity contribution in [2.45, 2.75) is 25.2 Å². The third-order valence-corrected chi connectivity index (χ3v) is 4.43. The monoisotopic (exact) mass is 348 g/mol. The number of nitrogens with two attached hydrogens (primary N) is 1. The number of aromatic nitrogens is 2. The lowest BCUT2D eigenvalue weighted by Crippen LogP contribution is -2.28. The number of halogens is 1. The lowest BCUT2D eigenvalue weighted by atomic mass is 9.79. The molecular formula is C14H13BrN4O2. The number of ether oxygens (including phenoxy) is 1. The summed E-state index contributed by atoms with van der Waals surface area (Å²) in [4.78, 5) is 12.4.